The van der Waals surface area contributed by atoms with E-state index in [4.69, 9.17) is 0 Å². The van der Waals surface area contributed by atoms with E-state index in [1.807, 2.05) is 58.4 Å². The maximum Gasteiger partial charge on any atom is 0.254 e. The number of amides is 1. The Balaban J connectivity index is 1.67. The third kappa shape index (κ3) is 2.83. The first-order valence-corrected chi connectivity index (χ1v) is 8.20. The number of rotatable bonds is 3. The van der Waals surface area contributed by atoms with Crippen molar-refractivity contribution < 1.29 is 4.79 Å². The van der Waals surface area contributed by atoms with Gasteiger partial charge in [0.15, 0.2) is 0 Å². The summed E-state index contributed by atoms with van der Waals surface area (Å²) in [6.07, 6.45) is 6.41. The summed E-state index contributed by atoms with van der Waals surface area (Å²) in [6, 6.07) is 18.1. The largest absolute Gasteiger partial charge is 0.335 e. The average molecular weight is 317 g/mol. The minimum atomic E-state index is 0.0928. The highest BCUT2D eigenvalue weighted by Crippen LogP contribution is 2.26. The van der Waals surface area contributed by atoms with Crippen LogP contribution in [0.25, 0.3) is 0 Å². The monoisotopic (exact) mass is 317 g/mol. The average Bonchev–Trinajstić information content (AvgIpc) is 3.14. The van der Waals surface area contributed by atoms with Crippen LogP contribution in [0.15, 0.2) is 73.3 Å². The van der Waals surface area contributed by atoms with Gasteiger partial charge in [-0.3, -0.25) is 4.79 Å². The zero-order valence-corrected chi connectivity index (χ0v) is 13.4. The number of hydrogen-bond acceptors (Lipinski definition) is 2. The van der Waals surface area contributed by atoms with Gasteiger partial charge >= 0.3 is 0 Å². The minimum absolute atomic E-state index is 0.0928. The zero-order chi connectivity index (χ0) is 16.4. The van der Waals surface area contributed by atoms with E-state index in [1.54, 1.807) is 6.20 Å². The molecule has 1 atom stereocenters. The van der Waals surface area contributed by atoms with E-state index in [-0.39, 0.29) is 11.9 Å². The Kier molecular flexibility index (Phi) is 3.87. The van der Waals surface area contributed by atoms with Crippen molar-refractivity contribution in [3.05, 3.63) is 90.0 Å². The van der Waals surface area contributed by atoms with Crippen LogP contribution in [-0.4, -0.2) is 26.4 Å². The van der Waals surface area contributed by atoms with E-state index in [0.29, 0.717) is 6.54 Å². The standard InChI is InChI=1S/C20H19N3O/c24-20(16-6-2-1-3-7-16)23-13-18-9-5-4-8-17(18)12-19(23)14-22-11-10-21-15-22/h1-11,15,19H,12-14H2. The van der Waals surface area contributed by atoms with Gasteiger partial charge in [-0.25, -0.2) is 4.98 Å². The molecular weight excluding hydrogens is 298 g/mol. The van der Waals surface area contributed by atoms with Gasteiger partial charge in [-0.2, -0.15) is 0 Å². The Labute approximate surface area is 141 Å². The highest BCUT2D eigenvalue weighted by atomic mass is 16.2. The summed E-state index contributed by atoms with van der Waals surface area (Å²) in [5.74, 6) is 0.0928. The van der Waals surface area contributed by atoms with Gasteiger partial charge in [-0.15, -0.1) is 0 Å². The summed E-state index contributed by atoms with van der Waals surface area (Å²) in [5.41, 5.74) is 3.32. The van der Waals surface area contributed by atoms with Crippen LogP contribution in [0, 0.1) is 0 Å². The predicted molar refractivity (Wildman–Crippen MR) is 92.5 cm³/mol. The number of aromatic nitrogens is 2. The van der Waals surface area contributed by atoms with Gasteiger partial charge < -0.3 is 9.47 Å². The highest BCUT2D eigenvalue weighted by Gasteiger charge is 2.30. The lowest BCUT2D eigenvalue weighted by atomic mass is 9.93. The molecule has 2 heterocycles. The van der Waals surface area contributed by atoms with Crippen molar-refractivity contribution in [2.24, 2.45) is 0 Å². The van der Waals surface area contributed by atoms with Gasteiger partial charge in [-0.1, -0.05) is 42.5 Å². The summed E-state index contributed by atoms with van der Waals surface area (Å²) in [6.45, 7) is 1.41. The van der Waals surface area contributed by atoms with Crippen molar-refractivity contribution in [3.63, 3.8) is 0 Å². The molecule has 2 aromatic carbocycles. The summed E-state index contributed by atoms with van der Waals surface area (Å²) in [4.78, 5) is 19.2. The normalized spacial score (nSPS) is 16.7. The molecule has 1 aliphatic rings. The molecule has 0 fully saturated rings. The van der Waals surface area contributed by atoms with Crippen molar-refractivity contribution in [1.82, 2.24) is 14.5 Å². The number of carbonyl (C=O) groups excluding carboxylic acids is 1. The van der Waals surface area contributed by atoms with Crippen LogP contribution in [0.4, 0.5) is 0 Å². The predicted octanol–water partition coefficient (Wildman–Crippen LogP) is 3.15. The third-order valence-electron chi connectivity index (χ3n) is 4.62. The molecule has 1 aliphatic heterocycles. The molecule has 24 heavy (non-hydrogen) atoms. The Hall–Kier alpha value is -2.88. The molecule has 4 rings (SSSR count). The molecule has 3 aromatic rings. The first kappa shape index (κ1) is 14.7. The first-order valence-electron chi connectivity index (χ1n) is 8.20. The van der Waals surface area contributed by atoms with Crippen LogP contribution in [0.3, 0.4) is 0 Å². The molecule has 0 radical (unpaired) electrons. The van der Waals surface area contributed by atoms with E-state index in [2.05, 4.69) is 23.2 Å². The summed E-state index contributed by atoms with van der Waals surface area (Å²) in [5, 5.41) is 0. The second kappa shape index (κ2) is 6.32. The fourth-order valence-electron chi connectivity index (χ4n) is 3.37. The van der Waals surface area contributed by atoms with E-state index >= 15 is 0 Å². The molecule has 0 aliphatic carbocycles. The smallest absolute Gasteiger partial charge is 0.254 e. The quantitative estimate of drug-likeness (QED) is 0.744. The lowest BCUT2D eigenvalue weighted by Crippen LogP contribution is -2.46. The van der Waals surface area contributed by atoms with Gasteiger partial charge in [0.1, 0.15) is 0 Å². The Morgan fingerprint density at radius 2 is 1.79 bits per heavy atom. The molecule has 0 spiro atoms. The van der Waals surface area contributed by atoms with Gasteiger partial charge in [0.05, 0.1) is 12.4 Å². The van der Waals surface area contributed by atoms with E-state index in [9.17, 15) is 4.79 Å². The van der Waals surface area contributed by atoms with Crippen LogP contribution in [0.5, 0.6) is 0 Å². The molecule has 0 N–H and O–H groups in total. The number of nitrogens with zero attached hydrogens (tertiary/aromatic N) is 3. The van der Waals surface area contributed by atoms with Gasteiger partial charge in [0.2, 0.25) is 0 Å². The molecule has 4 nitrogen and oxygen atoms in total. The molecular formula is C20H19N3O. The summed E-state index contributed by atoms with van der Waals surface area (Å²) < 4.78 is 2.05. The Morgan fingerprint density at radius 1 is 1.04 bits per heavy atom. The van der Waals surface area contributed by atoms with E-state index in [1.165, 1.54) is 11.1 Å². The van der Waals surface area contributed by atoms with Crippen LogP contribution < -0.4 is 0 Å². The van der Waals surface area contributed by atoms with Gasteiger partial charge in [0, 0.05) is 31.0 Å². The maximum atomic E-state index is 13.0. The topological polar surface area (TPSA) is 38.1 Å². The molecule has 1 amide bonds. The SMILES string of the molecule is O=C(c1ccccc1)N1Cc2ccccc2CC1Cn1ccnc1. The van der Waals surface area contributed by atoms with Crippen molar-refractivity contribution in [2.45, 2.75) is 25.6 Å². The second-order valence-corrected chi connectivity index (χ2v) is 6.19. The van der Waals surface area contributed by atoms with Crippen molar-refractivity contribution in [3.8, 4) is 0 Å². The molecule has 0 bridgehead atoms. The van der Waals surface area contributed by atoms with Crippen molar-refractivity contribution in [2.75, 3.05) is 0 Å². The lowest BCUT2D eigenvalue weighted by molar-refractivity contribution is 0.0618. The van der Waals surface area contributed by atoms with Crippen molar-refractivity contribution in [1.29, 1.82) is 0 Å². The van der Waals surface area contributed by atoms with Crippen molar-refractivity contribution >= 4 is 5.91 Å². The molecule has 1 aromatic heterocycles. The molecule has 120 valence electrons. The fraction of sp³-hybridized carbons (Fsp3) is 0.200. The van der Waals surface area contributed by atoms with E-state index < -0.39 is 0 Å². The first-order chi connectivity index (χ1) is 11.8. The number of hydrogen-bond donors (Lipinski definition) is 0. The molecule has 4 heteroatoms. The maximum absolute atomic E-state index is 13.0. The second-order valence-electron chi connectivity index (χ2n) is 6.19. The molecule has 1 unspecified atom stereocenters. The van der Waals surface area contributed by atoms with E-state index in [0.717, 1.165) is 18.5 Å². The van der Waals surface area contributed by atoms with Crippen LogP contribution in [0.1, 0.15) is 21.5 Å². The van der Waals surface area contributed by atoms with Gasteiger partial charge in [0.25, 0.3) is 5.91 Å². The third-order valence-corrected chi connectivity index (χ3v) is 4.62. The number of imidazole rings is 1. The number of fused-ring (bicyclic) bond motifs is 1. The van der Waals surface area contributed by atoms with Gasteiger partial charge in [-0.05, 0) is 29.7 Å². The number of carbonyl (C=O) groups is 1. The number of benzene rings is 2. The van der Waals surface area contributed by atoms with Crippen LogP contribution >= 0.6 is 0 Å². The lowest BCUT2D eigenvalue weighted by Gasteiger charge is -2.37. The minimum Gasteiger partial charge on any atom is -0.335 e. The summed E-state index contributed by atoms with van der Waals surface area (Å²) >= 11 is 0. The zero-order valence-electron chi connectivity index (χ0n) is 13.4. The fourth-order valence-corrected chi connectivity index (χ4v) is 3.37. The van der Waals surface area contributed by atoms with Crippen LogP contribution in [0.2, 0.25) is 0 Å². The Morgan fingerprint density at radius 3 is 2.54 bits per heavy atom. The summed E-state index contributed by atoms with van der Waals surface area (Å²) in [7, 11) is 0. The van der Waals surface area contributed by atoms with Crippen LogP contribution in [-0.2, 0) is 19.5 Å². The Bertz CT molecular complexity index is 827. The molecule has 0 saturated carbocycles. The highest BCUT2D eigenvalue weighted by molar-refractivity contribution is 5.94. The molecule has 0 saturated heterocycles.